The Morgan fingerprint density at radius 1 is 0.966 bits per heavy atom. The molecular weight excluding hydrogens is 388 g/mol. The lowest BCUT2D eigenvalue weighted by Crippen LogP contribution is -2.34. The van der Waals surface area contributed by atoms with Gasteiger partial charge in [-0.15, -0.1) is 0 Å². The van der Waals surface area contributed by atoms with E-state index in [1.54, 1.807) is 30.3 Å². The number of hydrogen-bond acceptors (Lipinski definition) is 5. The molecule has 1 amide bonds. The second-order valence-electron chi connectivity index (χ2n) is 6.31. The first kappa shape index (κ1) is 18.6. The zero-order valence-corrected chi connectivity index (χ0v) is 16.2. The van der Waals surface area contributed by atoms with Gasteiger partial charge in [0.05, 0.1) is 12.7 Å². The number of carbonyl (C=O) groups is 1. The van der Waals surface area contributed by atoms with E-state index in [1.807, 2.05) is 30.3 Å². The number of ether oxygens (including phenoxy) is 1. The maximum atomic E-state index is 12.8. The van der Waals surface area contributed by atoms with Gasteiger partial charge in [-0.3, -0.25) is 10.1 Å². The first-order chi connectivity index (χ1) is 14.0. The minimum Gasteiger partial charge on any atom is -0.496 e. The molecule has 1 heterocycles. The Bertz CT molecular complexity index is 1310. The van der Waals surface area contributed by atoms with E-state index in [1.165, 1.54) is 13.2 Å². The lowest BCUT2D eigenvalue weighted by molar-refractivity contribution is 0.0975. The summed E-state index contributed by atoms with van der Waals surface area (Å²) < 4.78 is 10.5. The van der Waals surface area contributed by atoms with Crippen LogP contribution < -0.4 is 21.0 Å². The van der Waals surface area contributed by atoms with Crippen molar-refractivity contribution in [3.05, 3.63) is 82.7 Å². The second kappa shape index (κ2) is 7.73. The van der Waals surface area contributed by atoms with Crippen molar-refractivity contribution in [3.63, 3.8) is 0 Å². The van der Waals surface area contributed by atoms with Crippen LogP contribution in [0, 0.1) is 0 Å². The normalized spacial score (nSPS) is 10.7. The standard InChI is InChI=1S/C22H16N2O4S/c1-27-19-12-14-5-3-2-4-13(14)11-17(19)21(26)24-22(29)23-16-7-8-18-15(10-16)6-9-20(25)28-18/h2-12H,1H3,(H2,23,24,26,29). The third-order valence-electron chi connectivity index (χ3n) is 4.42. The monoisotopic (exact) mass is 404 g/mol. The molecule has 0 aliphatic carbocycles. The highest BCUT2D eigenvalue weighted by atomic mass is 32.1. The molecule has 0 bridgehead atoms. The molecule has 6 nitrogen and oxygen atoms in total. The molecule has 0 unspecified atom stereocenters. The summed E-state index contributed by atoms with van der Waals surface area (Å²) >= 11 is 5.27. The number of nitrogens with one attached hydrogen (secondary N) is 2. The number of anilines is 1. The Hall–Kier alpha value is -3.71. The SMILES string of the molecule is COc1cc2ccccc2cc1C(=O)NC(=S)Nc1ccc2oc(=O)ccc2c1. The third-order valence-corrected chi connectivity index (χ3v) is 4.62. The highest BCUT2D eigenvalue weighted by molar-refractivity contribution is 7.80. The molecule has 4 rings (SSSR count). The fraction of sp³-hybridized carbons (Fsp3) is 0.0455. The predicted octanol–water partition coefficient (Wildman–Crippen LogP) is 4.08. The Morgan fingerprint density at radius 3 is 2.48 bits per heavy atom. The Balaban J connectivity index is 1.54. The van der Waals surface area contributed by atoms with Crippen molar-refractivity contribution in [2.75, 3.05) is 12.4 Å². The van der Waals surface area contributed by atoms with Gasteiger partial charge in [0.25, 0.3) is 5.91 Å². The highest BCUT2D eigenvalue weighted by Gasteiger charge is 2.15. The van der Waals surface area contributed by atoms with Crippen molar-refractivity contribution >= 4 is 50.7 Å². The summed E-state index contributed by atoms with van der Waals surface area (Å²) in [6.07, 6.45) is 0. The molecule has 0 saturated heterocycles. The number of benzene rings is 3. The van der Waals surface area contributed by atoms with Gasteiger partial charge in [-0.25, -0.2) is 4.79 Å². The number of carbonyl (C=O) groups excluding carboxylic acids is 1. The van der Waals surface area contributed by atoms with E-state index in [-0.39, 0.29) is 11.0 Å². The van der Waals surface area contributed by atoms with E-state index in [0.29, 0.717) is 22.6 Å². The number of rotatable bonds is 3. The number of fused-ring (bicyclic) bond motifs is 2. The van der Waals surface area contributed by atoms with Crippen LogP contribution in [0.4, 0.5) is 5.69 Å². The average Bonchev–Trinajstić information content (AvgIpc) is 2.72. The maximum absolute atomic E-state index is 12.8. The van der Waals surface area contributed by atoms with Gasteiger partial charge in [-0.05, 0) is 59.4 Å². The summed E-state index contributed by atoms with van der Waals surface area (Å²) in [6, 6.07) is 19.4. The van der Waals surface area contributed by atoms with E-state index in [4.69, 9.17) is 21.4 Å². The van der Waals surface area contributed by atoms with Gasteiger partial charge in [0, 0.05) is 17.1 Å². The van der Waals surface area contributed by atoms with Crippen LogP contribution in [0.3, 0.4) is 0 Å². The van der Waals surface area contributed by atoms with Crippen molar-refractivity contribution in [1.29, 1.82) is 0 Å². The summed E-state index contributed by atoms with van der Waals surface area (Å²) in [5.41, 5.74) is 1.10. The molecule has 144 valence electrons. The summed E-state index contributed by atoms with van der Waals surface area (Å²) in [7, 11) is 1.52. The van der Waals surface area contributed by atoms with Gasteiger partial charge in [0.1, 0.15) is 11.3 Å². The van der Waals surface area contributed by atoms with Crippen molar-refractivity contribution < 1.29 is 13.9 Å². The second-order valence-corrected chi connectivity index (χ2v) is 6.72. The first-order valence-corrected chi connectivity index (χ1v) is 9.17. The van der Waals surface area contributed by atoms with E-state index in [2.05, 4.69) is 10.6 Å². The minimum atomic E-state index is -0.412. The summed E-state index contributed by atoms with van der Waals surface area (Å²) in [6.45, 7) is 0. The Kier molecular flexibility index (Phi) is 4.97. The topological polar surface area (TPSA) is 80.6 Å². The van der Waals surface area contributed by atoms with E-state index >= 15 is 0 Å². The highest BCUT2D eigenvalue weighted by Crippen LogP contribution is 2.26. The van der Waals surface area contributed by atoms with E-state index in [9.17, 15) is 9.59 Å². The largest absolute Gasteiger partial charge is 0.496 e. The van der Waals surface area contributed by atoms with Crippen LogP contribution in [0.2, 0.25) is 0 Å². The molecule has 0 aliphatic rings. The molecule has 0 saturated carbocycles. The number of methoxy groups -OCH3 is 1. The summed E-state index contributed by atoms with van der Waals surface area (Å²) in [5, 5.41) is 8.41. The molecule has 0 atom stereocenters. The van der Waals surface area contributed by atoms with Crippen LogP contribution in [0.5, 0.6) is 5.75 Å². The average molecular weight is 404 g/mol. The molecule has 0 spiro atoms. The smallest absolute Gasteiger partial charge is 0.336 e. The Morgan fingerprint density at radius 2 is 1.72 bits per heavy atom. The van der Waals surface area contributed by atoms with Crippen molar-refractivity contribution in [3.8, 4) is 5.75 Å². The van der Waals surface area contributed by atoms with Crippen molar-refractivity contribution in [1.82, 2.24) is 5.32 Å². The molecule has 29 heavy (non-hydrogen) atoms. The van der Waals surface area contributed by atoms with E-state index in [0.717, 1.165) is 16.2 Å². The van der Waals surface area contributed by atoms with Gasteiger partial charge >= 0.3 is 5.63 Å². The molecule has 0 radical (unpaired) electrons. The zero-order chi connectivity index (χ0) is 20.4. The molecule has 4 aromatic rings. The van der Waals surface area contributed by atoms with E-state index < -0.39 is 5.63 Å². The van der Waals surface area contributed by atoms with Crippen molar-refractivity contribution in [2.45, 2.75) is 0 Å². The number of hydrogen-bond donors (Lipinski definition) is 2. The van der Waals surface area contributed by atoms with Crippen LogP contribution in [0.25, 0.3) is 21.7 Å². The Labute approximate surface area is 171 Å². The fourth-order valence-electron chi connectivity index (χ4n) is 3.05. The molecule has 3 aromatic carbocycles. The third kappa shape index (κ3) is 3.95. The molecule has 1 aromatic heterocycles. The number of thiocarbonyl (C=S) groups is 1. The quantitative estimate of drug-likeness (QED) is 0.396. The van der Waals surface area contributed by atoms with Gasteiger partial charge in [0.2, 0.25) is 0 Å². The first-order valence-electron chi connectivity index (χ1n) is 8.76. The van der Waals surface area contributed by atoms with Gasteiger partial charge in [0.15, 0.2) is 5.11 Å². The molecule has 7 heteroatoms. The van der Waals surface area contributed by atoms with Gasteiger partial charge in [-0.1, -0.05) is 24.3 Å². The van der Waals surface area contributed by atoms with Crippen LogP contribution in [-0.4, -0.2) is 18.1 Å². The fourth-order valence-corrected chi connectivity index (χ4v) is 3.26. The molecule has 0 fully saturated rings. The summed E-state index contributed by atoms with van der Waals surface area (Å²) in [5.74, 6) is 0.0848. The zero-order valence-electron chi connectivity index (χ0n) is 15.4. The van der Waals surface area contributed by atoms with Gasteiger partial charge in [-0.2, -0.15) is 0 Å². The lowest BCUT2D eigenvalue weighted by atomic mass is 10.1. The molecule has 2 N–H and O–H groups in total. The number of amides is 1. The van der Waals surface area contributed by atoms with Crippen LogP contribution in [-0.2, 0) is 0 Å². The molecular formula is C22H16N2O4S. The maximum Gasteiger partial charge on any atom is 0.336 e. The van der Waals surface area contributed by atoms with Crippen LogP contribution in [0.15, 0.2) is 75.9 Å². The van der Waals surface area contributed by atoms with Crippen molar-refractivity contribution in [2.24, 2.45) is 0 Å². The van der Waals surface area contributed by atoms with Crippen LogP contribution >= 0.6 is 12.2 Å². The predicted molar refractivity (Wildman–Crippen MR) is 117 cm³/mol. The van der Waals surface area contributed by atoms with Crippen LogP contribution in [0.1, 0.15) is 10.4 Å². The minimum absolute atomic E-state index is 0.141. The summed E-state index contributed by atoms with van der Waals surface area (Å²) in [4.78, 5) is 24.0. The van der Waals surface area contributed by atoms with Gasteiger partial charge < -0.3 is 14.5 Å². The lowest BCUT2D eigenvalue weighted by Gasteiger charge is -2.13. The molecule has 0 aliphatic heterocycles.